The van der Waals surface area contributed by atoms with Crippen LogP contribution < -0.4 is 4.74 Å². The van der Waals surface area contributed by atoms with E-state index in [0.717, 1.165) is 22.4 Å². The van der Waals surface area contributed by atoms with Crippen LogP contribution in [0.5, 0.6) is 11.5 Å². The topological polar surface area (TPSA) is 91.3 Å². The van der Waals surface area contributed by atoms with Gasteiger partial charge in [-0.3, -0.25) is 14.9 Å². The van der Waals surface area contributed by atoms with Gasteiger partial charge in [-0.2, -0.15) is 5.10 Å². The van der Waals surface area contributed by atoms with Crippen molar-refractivity contribution in [1.29, 1.82) is 0 Å². The molecule has 0 bridgehead atoms. The molecule has 0 radical (unpaired) electrons. The highest BCUT2D eigenvalue weighted by atomic mass is 16.5. The van der Waals surface area contributed by atoms with E-state index in [-0.39, 0.29) is 17.7 Å². The van der Waals surface area contributed by atoms with Gasteiger partial charge >= 0.3 is 0 Å². The van der Waals surface area contributed by atoms with Crippen molar-refractivity contribution in [2.45, 2.75) is 12.6 Å². The number of hydrogen-bond acceptors (Lipinski definition) is 5. The maximum Gasteiger partial charge on any atom is 0.273 e. The van der Waals surface area contributed by atoms with E-state index < -0.39 is 0 Å². The second kappa shape index (κ2) is 7.60. The predicted octanol–water partition coefficient (Wildman–Crippen LogP) is 3.93. The minimum atomic E-state index is -0.373. The molecule has 2 aromatic carbocycles. The van der Waals surface area contributed by atoms with E-state index in [1.165, 1.54) is 0 Å². The Kier molecular flexibility index (Phi) is 4.63. The average Bonchev–Trinajstić information content (AvgIpc) is 3.34. The number of benzene rings is 2. The number of carbonyl (C=O) groups excluding carboxylic acids is 1. The number of para-hydroxylation sites is 1. The zero-order valence-corrected chi connectivity index (χ0v) is 16.8. The van der Waals surface area contributed by atoms with E-state index in [2.05, 4.69) is 15.2 Å². The lowest BCUT2D eigenvalue weighted by atomic mass is 9.95. The predicted molar refractivity (Wildman–Crippen MR) is 115 cm³/mol. The first-order chi connectivity index (χ1) is 15.2. The van der Waals surface area contributed by atoms with Gasteiger partial charge in [0.15, 0.2) is 0 Å². The lowest BCUT2D eigenvalue weighted by Gasteiger charge is -2.26. The Labute approximate surface area is 179 Å². The number of fused-ring (bicyclic) bond motifs is 1. The van der Waals surface area contributed by atoms with Gasteiger partial charge in [0.05, 0.1) is 13.2 Å². The van der Waals surface area contributed by atoms with E-state index in [0.29, 0.717) is 23.5 Å². The van der Waals surface area contributed by atoms with Gasteiger partial charge in [-0.1, -0.05) is 30.3 Å². The van der Waals surface area contributed by atoms with Gasteiger partial charge in [0, 0.05) is 30.1 Å². The molecule has 1 aliphatic heterocycles. The zero-order chi connectivity index (χ0) is 21.4. The van der Waals surface area contributed by atoms with Crippen LogP contribution in [0.4, 0.5) is 0 Å². The van der Waals surface area contributed by atoms with Gasteiger partial charge in [0.1, 0.15) is 22.9 Å². The monoisotopic (exact) mass is 412 g/mol. The van der Waals surface area contributed by atoms with E-state index in [4.69, 9.17) is 4.74 Å². The van der Waals surface area contributed by atoms with E-state index >= 15 is 0 Å². The molecule has 3 heterocycles. The highest BCUT2D eigenvalue weighted by Crippen LogP contribution is 2.45. The summed E-state index contributed by atoms with van der Waals surface area (Å²) < 4.78 is 5.30. The molecule has 0 aliphatic carbocycles. The number of carbonyl (C=O) groups is 1. The first-order valence-corrected chi connectivity index (χ1v) is 9.88. The fraction of sp³-hybridized carbons (Fsp3) is 0.125. The summed E-state index contributed by atoms with van der Waals surface area (Å²) >= 11 is 0. The minimum Gasteiger partial charge on any atom is -0.507 e. The first-order valence-electron chi connectivity index (χ1n) is 9.88. The number of rotatable bonds is 5. The molecular formula is C24H20N4O3. The third kappa shape index (κ3) is 3.20. The average molecular weight is 412 g/mol. The summed E-state index contributed by atoms with van der Waals surface area (Å²) in [7, 11) is 1.62. The SMILES string of the molecule is COc1ccc([C@H]2c3c(-c4ccccc4O)n[nH]c3C(=O)N2Cc2cccnc2)cc1. The van der Waals surface area contributed by atoms with Gasteiger partial charge in [-0.05, 0) is 41.5 Å². The van der Waals surface area contributed by atoms with Crippen molar-refractivity contribution in [3.8, 4) is 22.8 Å². The molecule has 154 valence electrons. The number of aromatic nitrogens is 3. The van der Waals surface area contributed by atoms with Crippen molar-refractivity contribution in [1.82, 2.24) is 20.1 Å². The molecule has 1 aliphatic rings. The molecule has 7 heteroatoms. The normalized spacial score (nSPS) is 15.2. The van der Waals surface area contributed by atoms with Gasteiger partial charge in [0.2, 0.25) is 0 Å². The number of H-pyrrole nitrogens is 1. The van der Waals surface area contributed by atoms with Crippen LogP contribution in [0.3, 0.4) is 0 Å². The number of phenolic OH excluding ortho intramolecular Hbond substituents is 1. The molecule has 0 fully saturated rings. The molecule has 2 aromatic heterocycles. The summed E-state index contributed by atoms with van der Waals surface area (Å²) in [6.45, 7) is 0.395. The van der Waals surface area contributed by atoms with E-state index in [9.17, 15) is 9.90 Å². The Morgan fingerprint density at radius 2 is 1.90 bits per heavy atom. The van der Waals surface area contributed by atoms with Crippen molar-refractivity contribution in [3.05, 3.63) is 95.4 Å². The van der Waals surface area contributed by atoms with Crippen LogP contribution in [0.25, 0.3) is 11.3 Å². The number of hydrogen-bond donors (Lipinski definition) is 2. The maximum atomic E-state index is 13.4. The van der Waals surface area contributed by atoms with Crippen molar-refractivity contribution in [2.75, 3.05) is 7.11 Å². The molecule has 2 N–H and O–H groups in total. The van der Waals surface area contributed by atoms with Crippen molar-refractivity contribution in [3.63, 3.8) is 0 Å². The van der Waals surface area contributed by atoms with Crippen LogP contribution in [0.15, 0.2) is 73.1 Å². The Bertz CT molecular complexity index is 1240. The second-order valence-electron chi connectivity index (χ2n) is 7.35. The lowest BCUT2D eigenvalue weighted by Crippen LogP contribution is -2.29. The summed E-state index contributed by atoms with van der Waals surface area (Å²) in [5, 5.41) is 17.7. The minimum absolute atomic E-state index is 0.114. The second-order valence-corrected chi connectivity index (χ2v) is 7.35. The van der Waals surface area contributed by atoms with Crippen molar-refractivity contribution < 1.29 is 14.6 Å². The zero-order valence-electron chi connectivity index (χ0n) is 16.8. The van der Waals surface area contributed by atoms with Crippen LogP contribution in [0.2, 0.25) is 0 Å². The first kappa shape index (κ1) is 18.9. The summed E-state index contributed by atoms with van der Waals surface area (Å²) in [4.78, 5) is 19.4. The van der Waals surface area contributed by atoms with Crippen molar-refractivity contribution in [2.24, 2.45) is 0 Å². The number of phenols is 1. The number of aromatic hydroxyl groups is 1. The summed E-state index contributed by atoms with van der Waals surface area (Å²) in [5.41, 5.74) is 4.18. The molecule has 0 unspecified atom stereocenters. The molecule has 0 saturated heterocycles. The third-order valence-electron chi connectivity index (χ3n) is 5.53. The largest absolute Gasteiger partial charge is 0.507 e. The van der Waals surface area contributed by atoms with Crippen LogP contribution in [0.1, 0.15) is 33.2 Å². The molecule has 1 atom stereocenters. The highest BCUT2D eigenvalue weighted by molar-refractivity contribution is 6.00. The summed E-state index contributed by atoms with van der Waals surface area (Å²) in [6, 6.07) is 18.1. The standard InChI is InChI=1S/C24H20N4O3/c1-31-17-10-8-16(9-11-17)23-20-21(18-6-2-3-7-19(18)29)26-27-22(20)24(30)28(23)14-15-5-4-12-25-13-15/h2-13,23,29H,14H2,1H3,(H,26,27)/t23-/m0/s1. The molecule has 7 nitrogen and oxygen atoms in total. The molecule has 31 heavy (non-hydrogen) atoms. The Morgan fingerprint density at radius 1 is 1.10 bits per heavy atom. The Morgan fingerprint density at radius 3 is 2.61 bits per heavy atom. The molecule has 4 aromatic rings. The fourth-order valence-electron chi connectivity index (χ4n) is 4.06. The number of pyridine rings is 1. The van der Waals surface area contributed by atoms with Gasteiger partial charge < -0.3 is 14.7 Å². The highest BCUT2D eigenvalue weighted by Gasteiger charge is 2.42. The smallest absolute Gasteiger partial charge is 0.273 e. The van der Waals surface area contributed by atoms with Crippen LogP contribution in [-0.2, 0) is 6.54 Å². The van der Waals surface area contributed by atoms with Gasteiger partial charge in [-0.15, -0.1) is 0 Å². The number of amides is 1. The Balaban J connectivity index is 1.66. The molecule has 1 amide bonds. The summed E-state index contributed by atoms with van der Waals surface area (Å²) in [6.07, 6.45) is 3.46. The number of nitrogens with one attached hydrogen (secondary N) is 1. The molecule has 5 rings (SSSR count). The molecular weight excluding hydrogens is 392 g/mol. The van der Waals surface area contributed by atoms with E-state index in [1.54, 1.807) is 42.6 Å². The molecule has 0 saturated carbocycles. The third-order valence-corrected chi connectivity index (χ3v) is 5.53. The quantitative estimate of drug-likeness (QED) is 0.518. The van der Waals surface area contributed by atoms with E-state index in [1.807, 2.05) is 42.5 Å². The number of aromatic amines is 1. The number of methoxy groups -OCH3 is 1. The Hall–Kier alpha value is -4.13. The maximum absolute atomic E-state index is 13.4. The van der Waals surface area contributed by atoms with Gasteiger partial charge in [0.25, 0.3) is 5.91 Å². The number of ether oxygens (including phenoxy) is 1. The van der Waals surface area contributed by atoms with Crippen LogP contribution >= 0.6 is 0 Å². The number of nitrogens with zero attached hydrogens (tertiary/aromatic N) is 3. The van der Waals surface area contributed by atoms with Crippen LogP contribution in [-0.4, -0.2) is 38.2 Å². The summed E-state index contributed by atoms with van der Waals surface area (Å²) in [5.74, 6) is 0.706. The fourth-order valence-corrected chi connectivity index (χ4v) is 4.06. The van der Waals surface area contributed by atoms with Crippen LogP contribution in [0, 0.1) is 0 Å². The van der Waals surface area contributed by atoms with Crippen molar-refractivity contribution >= 4 is 5.91 Å². The lowest BCUT2D eigenvalue weighted by molar-refractivity contribution is 0.0730. The molecule has 0 spiro atoms. The van der Waals surface area contributed by atoms with Gasteiger partial charge in [-0.25, -0.2) is 0 Å².